The van der Waals surface area contributed by atoms with E-state index in [1.165, 1.54) is 0 Å². The van der Waals surface area contributed by atoms with Crippen LogP contribution >= 0.6 is 11.6 Å². The Morgan fingerprint density at radius 3 is 2.70 bits per heavy atom. The van der Waals surface area contributed by atoms with E-state index in [1.807, 2.05) is 0 Å². The number of hydrogen-bond donors (Lipinski definition) is 1. The van der Waals surface area contributed by atoms with Crippen LogP contribution in [0.25, 0.3) is 22.2 Å². The van der Waals surface area contributed by atoms with Crippen LogP contribution in [0.15, 0.2) is 36.7 Å². The normalized spacial score (nSPS) is 12.0. The van der Waals surface area contributed by atoms with Crippen molar-refractivity contribution in [1.29, 1.82) is 0 Å². The summed E-state index contributed by atoms with van der Waals surface area (Å²) in [5, 5.41) is 0.571. The van der Waals surface area contributed by atoms with E-state index in [4.69, 9.17) is 11.6 Å². The van der Waals surface area contributed by atoms with Crippen LogP contribution in [0.4, 0.5) is 13.2 Å². The number of aromatic amines is 1. The van der Waals surface area contributed by atoms with E-state index in [-0.39, 0.29) is 11.0 Å². The first-order valence-electron chi connectivity index (χ1n) is 5.63. The zero-order chi connectivity index (χ0) is 14.3. The third-order valence-corrected chi connectivity index (χ3v) is 3.09. The van der Waals surface area contributed by atoms with Crippen LogP contribution in [0.5, 0.6) is 0 Å². The van der Waals surface area contributed by atoms with Crippen molar-refractivity contribution < 1.29 is 13.2 Å². The number of alkyl halides is 3. The Morgan fingerprint density at radius 2 is 1.95 bits per heavy atom. The van der Waals surface area contributed by atoms with Crippen molar-refractivity contribution in [2.45, 2.75) is 6.18 Å². The Morgan fingerprint density at radius 1 is 1.15 bits per heavy atom. The molecular formula is C13H7ClF3N3. The van der Waals surface area contributed by atoms with Crippen LogP contribution in [0.3, 0.4) is 0 Å². The van der Waals surface area contributed by atoms with Crippen LogP contribution in [-0.4, -0.2) is 15.0 Å². The first kappa shape index (κ1) is 12.9. The second kappa shape index (κ2) is 4.49. The van der Waals surface area contributed by atoms with Gasteiger partial charge in [0, 0.05) is 23.3 Å². The van der Waals surface area contributed by atoms with Gasteiger partial charge in [0.2, 0.25) is 5.28 Å². The van der Waals surface area contributed by atoms with E-state index in [2.05, 4.69) is 15.0 Å². The van der Waals surface area contributed by atoms with E-state index < -0.39 is 11.7 Å². The van der Waals surface area contributed by atoms with Gasteiger partial charge in [-0.05, 0) is 17.7 Å². The van der Waals surface area contributed by atoms with Gasteiger partial charge in [-0.1, -0.05) is 18.2 Å². The van der Waals surface area contributed by atoms with Gasteiger partial charge >= 0.3 is 6.18 Å². The number of nitrogens with one attached hydrogen (secondary N) is 1. The number of para-hydroxylation sites is 1. The lowest BCUT2D eigenvalue weighted by Gasteiger charge is -2.12. The maximum atomic E-state index is 13.1. The summed E-state index contributed by atoms with van der Waals surface area (Å²) in [6, 6.07) is 6.80. The standard InChI is InChI=1S/C13H7ClF3N3/c14-12-19-6-9(13(15,16)17)11(20-12)8-3-1-2-7-4-5-18-10(7)8/h1-6,18H. The topological polar surface area (TPSA) is 41.6 Å². The second-order valence-electron chi connectivity index (χ2n) is 4.15. The Balaban J connectivity index is 2.34. The summed E-state index contributed by atoms with van der Waals surface area (Å²) >= 11 is 5.64. The molecule has 0 aliphatic carbocycles. The van der Waals surface area contributed by atoms with Gasteiger partial charge in [0.15, 0.2) is 0 Å². The van der Waals surface area contributed by atoms with Crippen molar-refractivity contribution >= 4 is 22.5 Å². The molecule has 0 amide bonds. The molecule has 3 aromatic rings. The molecule has 0 fully saturated rings. The van der Waals surface area contributed by atoms with Crippen molar-refractivity contribution in [3.63, 3.8) is 0 Å². The fourth-order valence-corrected chi connectivity index (χ4v) is 2.19. The summed E-state index contributed by atoms with van der Waals surface area (Å²) in [7, 11) is 0. The second-order valence-corrected chi connectivity index (χ2v) is 4.48. The lowest BCUT2D eigenvalue weighted by Crippen LogP contribution is -2.09. The van der Waals surface area contributed by atoms with Crippen LogP contribution in [0, 0.1) is 0 Å². The number of nitrogens with zero attached hydrogens (tertiary/aromatic N) is 2. The van der Waals surface area contributed by atoms with Crippen molar-refractivity contribution in [2.24, 2.45) is 0 Å². The van der Waals surface area contributed by atoms with Gasteiger partial charge in [0.1, 0.15) is 5.56 Å². The predicted octanol–water partition coefficient (Wildman–Crippen LogP) is 4.30. The Labute approximate surface area is 116 Å². The van der Waals surface area contributed by atoms with Crippen molar-refractivity contribution in [3.05, 3.63) is 47.5 Å². The average molecular weight is 298 g/mol. The van der Waals surface area contributed by atoms with Gasteiger partial charge in [0.05, 0.1) is 11.2 Å². The molecule has 1 aromatic carbocycles. The molecule has 0 spiro atoms. The lowest BCUT2D eigenvalue weighted by molar-refractivity contribution is -0.137. The number of benzene rings is 1. The summed E-state index contributed by atoms with van der Waals surface area (Å²) in [6.45, 7) is 0. The van der Waals surface area contributed by atoms with Gasteiger partial charge in [-0.3, -0.25) is 0 Å². The van der Waals surface area contributed by atoms with Crippen molar-refractivity contribution in [3.8, 4) is 11.3 Å². The molecule has 2 heterocycles. The molecule has 0 atom stereocenters. The first-order chi connectivity index (χ1) is 9.47. The lowest BCUT2D eigenvalue weighted by atomic mass is 10.0. The quantitative estimate of drug-likeness (QED) is 0.681. The number of rotatable bonds is 1. The summed E-state index contributed by atoms with van der Waals surface area (Å²) in [4.78, 5) is 10.1. The molecule has 0 saturated carbocycles. The van der Waals surface area contributed by atoms with Gasteiger partial charge < -0.3 is 4.98 Å². The first-order valence-corrected chi connectivity index (χ1v) is 6.01. The van der Waals surface area contributed by atoms with Crippen LogP contribution < -0.4 is 0 Å². The van der Waals surface area contributed by atoms with Gasteiger partial charge in [-0.25, -0.2) is 9.97 Å². The SMILES string of the molecule is FC(F)(F)c1cnc(Cl)nc1-c1cccc2cc[nH]c12. The smallest absolute Gasteiger partial charge is 0.361 e. The Bertz CT molecular complexity index is 780. The summed E-state index contributed by atoms with van der Waals surface area (Å²) in [5.41, 5.74) is -0.230. The zero-order valence-electron chi connectivity index (χ0n) is 9.87. The summed E-state index contributed by atoms with van der Waals surface area (Å²) in [6.07, 6.45) is -2.19. The van der Waals surface area contributed by atoms with Crippen LogP contribution in [0.1, 0.15) is 5.56 Å². The minimum Gasteiger partial charge on any atom is -0.361 e. The highest BCUT2D eigenvalue weighted by Gasteiger charge is 2.35. The molecule has 20 heavy (non-hydrogen) atoms. The highest BCUT2D eigenvalue weighted by Crippen LogP contribution is 2.37. The molecule has 7 heteroatoms. The minimum absolute atomic E-state index is 0.225. The van der Waals surface area contributed by atoms with Gasteiger partial charge in [0.25, 0.3) is 0 Å². The molecule has 0 unspecified atom stereocenters. The average Bonchev–Trinajstić information content (AvgIpc) is 2.85. The molecule has 0 aliphatic rings. The van der Waals surface area contributed by atoms with E-state index in [1.54, 1.807) is 30.5 Å². The third kappa shape index (κ3) is 2.12. The number of H-pyrrole nitrogens is 1. The number of halogens is 4. The minimum atomic E-state index is -4.55. The molecular weight excluding hydrogens is 291 g/mol. The maximum absolute atomic E-state index is 13.1. The largest absolute Gasteiger partial charge is 0.419 e. The maximum Gasteiger partial charge on any atom is 0.419 e. The Kier molecular flexibility index (Phi) is 2.90. The number of fused-ring (bicyclic) bond motifs is 1. The third-order valence-electron chi connectivity index (χ3n) is 2.91. The Hall–Kier alpha value is -2.08. The molecule has 0 bridgehead atoms. The molecule has 102 valence electrons. The highest BCUT2D eigenvalue weighted by atomic mass is 35.5. The molecule has 0 radical (unpaired) electrons. The zero-order valence-corrected chi connectivity index (χ0v) is 10.6. The van der Waals surface area contributed by atoms with Crippen molar-refractivity contribution in [2.75, 3.05) is 0 Å². The van der Waals surface area contributed by atoms with E-state index in [0.717, 1.165) is 5.39 Å². The molecule has 1 N–H and O–H groups in total. The number of aromatic nitrogens is 3. The predicted molar refractivity (Wildman–Crippen MR) is 69.3 cm³/mol. The fraction of sp³-hybridized carbons (Fsp3) is 0.0769. The van der Waals surface area contributed by atoms with E-state index in [0.29, 0.717) is 17.3 Å². The van der Waals surface area contributed by atoms with Crippen LogP contribution in [-0.2, 0) is 6.18 Å². The van der Waals surface area contributed by atoms with Crippen molar-refractivity contribution in [1.82, 2.24) is 15.0 Å². The molecule has 3 rings (SSSR count). The van der Waals surface area contributed by atoms with E-state index in [9.17, 15) is 13.2 Å². The molecule has 0 saturated heterocycles. The van der Waals surface area contributed by atoms with Crippen LogP contribution in [0.2, 0.25) is 5.28 Å². The van der Waals surface area contributed by atoms with E-state index >= 15 is 0 Å². The molecule has 0 aliphatic heterocycles. The monoisotopic (exact) mass is 297 g/mol. The summed E-state index contributed by atoms with van der Waals surface area (Å²) in [5.74, 6) is 0. The molecule has 2 aromatic heterocycles. The highest BCUT2D eigenvalue weighted by molar-refractivity contribution is 6.28. The molecule has 3 nitrogen and oxygen atoms in total. The fourth-order valence-electron chi connectivity index (χ4n) is 2.06. The van der Waals surface area contributed by atoms with Gasteiger partial charge in [-0.15, -0.1) is 0 Å². The number of hydrogen-bond acceptors (Lipinski definition) is 2. The summed E-state index contributed by atoms with van der Waals surface area (Å²) < 4.78 is 39.2. The van der Waals surface area contributed by atoms with Gasteiger partial charge in [-0.2, -0.15) is 13.2 Å².